The van der Waals surface area contributed by atoms with Gasteiger partial charge in [0.25, 0.3) is 0 Å². The average molecular weight is 588 g/mol. The van der Waals surface area contributed by atoms with Crippen LogP contribution < -0.4 is 15.4 Å². The number of piperidine rings is 1. The first-order valence-corrected chi connectivity index (χ1v) is 15.4. The van der Waals surface area contributed by atoms with Crippen LogP contribution in [-0.2, 0) is 16.8 Å². The topological polar surface area (TPSA) is 73.8 Å². The summed E-state index contributed by atoms with van der Waals surface area (Å²) in [5.41, 5.74) is 4.63. The van der Waals surface area contributed by atoms with Crippen LogP contribution in [0.1, 0.15) is 67.6 Å². The number of methoxy groups -OCH3 is 1. The van der Waals surface area contributed by atoms with Gasteiger partial charge in [0.2, 0.25) is 0 Å². The van der Waals surface area contributed by atoms with Crippen molar-refractivity contribution in [3.05, 3.63) is 65.2 Å². The molecule has 3 fully saturated rings. The van der Waals surface area contributed by atoms with E-state index in [1.807, 2.05) is 7.11 Å². The molecule has 2 aromatic carbocycles. The Labute approximate surface area is 247 Å². The molecule has 230 valence electrons. The fraction of sp³-hybridized carbons (Fsp3) is 0.606. The fourth-order valence-electron chi connectivity index (χ4n) is 8.08. The number of aliphatic carboxylic acids is 1. The van der Waals surface area contributed by atoms with E-state index >= 15 is 0 Å². The van der Waals surface area contributed by atoms with E-state index in [-0.39, 0.29) is 5.41 Å². The summed E-state index contributed by atoms with van der Waals surface area (Å²) in [5, 5.41) is 14.7. The Bertz CT molecular complexity index is 1190. The first kappa shape index (κ1) is 30.8. The lowest BCUT2D eigenvalue weighted by Gasteiger charge is -2.48. The van der Waals surface area contributed by atoms with Crippen molar-refractivity contribution < 1.29 is 27.8 Å². The molecule has 1 spiro atoms. The summed E-state index contributed by atoms with van der Waals surface area (Å²) in [6.45, 7) is 6.63. The molecule has 4 atom stereocenters. The Hall–Kier alpha value is -2.62. The number of alkyl halides is 3. The molecule has 0 bridgehead atoms. The molecule has 3 N–H and O–H groups in total. The fourth-order valence-corrected chi connectivity index (χ4v) is 8.08. The number of hydrogen-bond acceptors (Lipinski definition) is 5. The molecular weight excluding hydrogens is 543 g/mol. The van der Waals surface area contributed by atoms with Gasteiger partial charge < -0.3 is 20.5 Å². The largest absolute Gasteiger partial charge is 0.496 e. The van der Waals surface area contributed by atoms with E-state index in [2.05, 4.69) is 64.1 Å². The molecule has 3 aliphatic heterocycles. The minimum absolute atomic E-state index is 0.162. The second-order valence-electron chi connectivity index (χ2n) is 12.5. The summed E-state index contributed by atoms with van der Waals surface area (Å²) in [5.74, 6) is 0.505. The van der Waals surface area contributed by atoms with E-state index in [0.29, 0.717) is 5.92 Å². The Morgan fingerprint density at radius 1 is 1.02 bits per heavy atom. The summed E-state index contributed by atoms with van der Waals surface area (Å²) in [4.78, 5) is 11.8. The van der Waals surface area contributed by atoms with Crippen LogP contribution in [-0.4, -0.2) is 68.0 Å². The molecule has 6 rings (SSSR count). The molecule has 42 heavy (non-hydrogen) atoms. The summed E-state index contributed by atoms with van der Waals surface area (Å²) in [6, 6.07) is 18.8. The van der Waals surface area contributed by atoms with E-state index in [1.165, 1.54) is 69.2 Å². The van der Waals surface area contributed by atoms with Crippen molar-refractivity contribution in [2.24, 2.45) is 11.8 Å². The van der Waals surface area contributed by atoms with Crippen LogP contribution in [0.25, 0.3) is 0 Å². The van der Waals surface area contributed by atoms with Gasteiger partial charge in [-0.25, -0.2) is 4.79 Å². The van der Waals surface area contributed by atoms with Crippen LogP contribution >= 0.6 is 0 Å². The van der Waals surface area contributed by atoms with Gasteiger partial charge >= 0.3 is 12.1 Å². The number of carboxylic acid groups (broad SMARTS) is 1. The highest BCUT2D eigenvalue weighted by molar-refractivity contribution is 5.73. The van der Waals surface area contributed by atoms with Crippen LogP contribution in [0.2, 0.25) is 0 Å². The SMILES string of the molecule is COc1cccc2c1CNC[C@]21CNC[C@H]1CN1CC[C@@H](c2ccccc2)C[C@H]1C1CCCCC1.O=C(O)C(F)(F)F. The maximum Gasteiger partial charge on any atom is 0.490 e. The third kappa shape index (κ3) is 6.63. The van der Waals surface area contributed by atoms with E-state index in [1.54, 1.807) is 5.56 Å². The van der Waals surface area contributed by atoms with E-state index < -0.39 is 12.1 Å². The minimum atomic E-state index is -5.08. The van der Waals surface area contributed by atoms with Gasteiger partial charge in [-0.3, -0.25) is 4.90 Å². The number of rotatable bonds is 5. The first-order chi connectivity index (χ1) is 20.2. The van der Waals surface area contributed by atoms with Crippen molar-refractivity contribution in [2.45, 2.75) is 75.0 Å². The van der Waals surface area contributed by atoms with Gasteiger partial charge in [0.1, 0.15) is 5.75 Å². The number of benzene rings is 2. The third-order valence-corrected chi connectivity index (χ3v) is 10.2. The number of halogens is 3. The Morgan fingerprint density at radius 2 is 1.74 bits per heavy atom. The standard InChI is InChI=1S/C31H43N3O.C2HF3O2/c1-35-30-14-8-13-28-27(30)19-33-22-31(28)21-32-18-26(31)20-34-16-15-25(23-9-4-2-5-10-23)17-29(34)24-11-6-3-7-12-24;3-2(4,5)1(6)7/h2,4-5,8-10,13-14,24-26,29,32-33H,3,6-7,11-12,15-22H2,1H3;(H,6,7)/t25-,26+,29+,31+;/m1./s1. The number of hydrogen-bond donors (Lipinski definition) is 3. The number of carboxylic acids is 1. The molecule has 0 aromatic heterocycles. The van der Waals surface area contributed by atoms with Crippen molar-refractivity contribution in [2.75, 3.05) is 39.8 Å². The number of fused-ring (bicyclic) bond motifs is 2. The van der Waals surface area contributed by atoms with Crippen LogP contribution in [0.4, 0.5) is 13.2 Å². The molecule has 1 saturated carbocycles. The molecule has 0 radical (unpaired) electrons. The van der Waals surface area contributed by atoms with Crippen molar-refractivity contribution in [3.63, 3.8) is 0 Å². The first-order valence-electron chi connectivity index (χ1n) is 15.4. The van der Waals surface area contributed by atoms with E-state index in [4.69, 9.17) is 14.6 Å². The molecule has 2 aromatic rings. The van der Waals surface area contributed by atoms with Crippen LogP contribution in [0, 0.1) is 11.8 Å². The Morgan fingerprint density at radius 3 is 2.43 bits per heavy atom. The van der Waals surface area contributed by atoms with Crippen LogP contribution in [0.3, 0.4) is 0 Å². The molecule has 3 heterocycles. The van der Waals surface area contributed by atoms with Gasteiger partial charge in [0, 0.05) is 49.7 Å². The molecule has 0 unspecified atom stereocenters. The minimum Gasteiger partial charge on any atom is -0.496 e. The highest BCUT2D eigenvalue weighted by atomic mass is 19.4. The average Bonchev–Trinajstić information content (AvgIpc) is 3.40. The zero-order chi connectivity index (χ0) is 29.7. The van der Waals surface area contributed by atoms with Crippen molar-refractivity contribution >= 4 is 5.97 Å². The number of nitrogens with one attached hydrogen (secondary N) is 2. The lowest BCUT2D eigenvalue weighted by Crippen LogP contribution is -2.54. The summed E-state index contributed by atoms with van der Waals surface area (Å²) in [7, 11) is 1.81. The zero-order valence-electron chi connectivity index (χ0n) is 24.5. The van der Waals surface area contributed by atoms with E-state index in [0.717, 1.165) is 49.8 Å². The quantitative estimate of drug-likeness (QED) is 0.416. The molecule has 2 saturated heterocycles. The lowest BCUT2D eigenvalue weighted by atomic mass is 9.68. The summed E-state index contributed by atoms with van der Waals surface area (Å²) in [6.07, 6.45) is 4.70. The van der Waals surface area contributed by atoms with Crippen LogP contribution in [0.15, 0.2) is 48.5 Å². The van der Waals surface area contributed by atoms with Gasteiger partial charge in [-0.05, 0) is 67.2 Å². The van der Waals surface area contributed by atoms with Gasteiger partial charge in [-0.1, -0.05) is 61.7 Å². The third-order valence-electron chi connectivity index (χ3n) is 10.2. The molecule has 9 heteroatoms. The van der Waals surface area contributed by atoms with Gasteiger partial charge in [0.15, 0.2) is 0 Å². The number of nitrogens with zero attached hydrogens (tertiary/aromatic N) is 1. The Kier molecular flexibility index (Phi) is 9.80. The van der Waals surface area contributed by atoms with Crippen molar-refractivity contribution in [1.82, 2.24) is 15.5 Å². The summed E-state index contributed by atoms with van der Waals surface area (Å²) >= 11 is 0. The van der Waals surface area contributed by atoms with Crippen LogP contribution in [0.5, 0.6) is 5.75 Å². The van der Waals surface area contributed by atoms with Gasteiger partial charge in [-0.2, -0.15) is 13.2 Å². The highest BCUT2D eigenvalue weighted by Gasteiger charge is 2.49. The summed E-state index contributed by atoms with van der Waals surface area (Å²) < 4.78 is 37.5. The predicted molar refractivity (Wildman–Crippen MR) is 157 cm³/mol. The second-order valence-corrected chi connectivity index (χ2v) is 12.5. The maximum absolute atomic E-state index is 10.6. The molecular formula is C33H44F3N3O3. The zero-order valence-corrected chi connectivity index (χ0v) is 24.5. The monoisotopic (exact) mass is 587 g/mol. The Balaban J connectivity index is 0.000000451. The number of carbonyl (C=O) groups is 1. The molecule has 1 aliphatic carbocycles. The maximum atomic E-state index is 10.6. The molecule has 6 nitrogen and oxygen atoms in total. The number of likely N-dealkylation sites (tertiary alicyclic amines) is 1. The van der Waals surface area contributed by atoms with Crippen molar-refractivity contribution in [3.8, 4) is 5.75 Å². The lowest BCUT2D eigenvalue weighted by molar-refractivity contribution is -0.192. The number of ether oxygens (including phenoxy) is 1. The smallest absolute Gasteiger partial charge is 0.490 e. The normalized spacial score (nSPS) is 28.5. The highest BCUT2D eigenvalue weighted by Crippen LogP contribution is 2.45. The second kappa shape index (κ2) is 13.3. The van der Waals surface area contributed by atoms with E-state index in [9.17, 15) is 13.2 Å². The van der Waals surface area contributed by atoms with Gasteiger partial charge in [0.05, 0.1) is 7.11 Å². The van der Waals surface area contributed by atoms with Crippen molar-refractivity contribution in [1.29, 1.82) is 0 Å². The molecule has 4 aliphatic rings. The van der Waals surface area contributed by atoms with Gasteiger partial charge in [-0.15, -0.1) is 0 Å². The molecule has 0 amide bonds. The predicted octanol–water partition coefficient (Wildman–Crippen LogP) is 5.72.